The summed E-state index contributed by atoms with van der Waals surface area (Å²) in [7, 11) is 0. The van der Waals surface area contributed by atoms with Crippen molar-refractivity contribution in [3.63, 3.8) is 0 Å². The molecule has 0 aliphatic carbocycles. The van der Waals surface area contributed by atoms with E-state index in [1.165, 1.54) is 4.52 Å². The standard InChI is InChI=1S/C15H15ClN4OS/c1-3-22-13-7-14-19(9-11-4-5-12(16)17-8-11)10(2)6-15(21)20(14)18-13/h4-8H,3,9H2,1-2H3. The Labute approximate surface area is 136 Å². The topological polar surface area (TPSA) is 52.2 Å². The van der Waals surface area contributed by atoms with Gasteiger partial charge in [-0.25, -0.2) is 4.98 Å². The highest BCUT2D eigenvalue weighted by molar-refractivity contribution is 7.99. The highest BCUT2D eigenvalue weighted by Crippen LogP contribution is 2.19. The molecule has 114 valence electrons. The molecule has 5 nitrogen and oxygen atoms in total. The van der Waals surface area contributed by atoms with Gasteiger partial charge in [0.2, 0.25) is 0 Å². The average molecular weight is 335 g/mol. The van der Waals surface area contributed by atoms with Crippen LogP contribution >= 0.6 is 23.4 Å². The van der Waals surface area contributed by atoms with Crippen molar-refractivity contribution in [1.82, 2.24) is 19.2 Å². The van der Waals surface area contributed by atoms with Gasteiger partial charge in [0.25, 0.3) is 5.56 Å². The number of aryl methyl sites for hydroxylation is 1. The van der Waals surface area contributed by atoms with Crippen LogP contribution in [-0.2, 0) is 6.54 Å². The summed E-state index contributed by atoms with van der Waals surface area (Å²) in [5, 5.41) is 5.69. The van der Waals surface area contributed by atoms with E-state index in [-0.39, 0.29) is 5.56 Å². The molecule has 22 heavy (non-hydrogen) atoms. The summed E-state index contributed by atoms with van der Waals surface area (Å²) in [6.07, 6.45) is 1.74. The van der Waals surface area contributed by atoms with Gasteiger partial charge in [-0.15, -0.1) is 11.8 Å². The Kier molecular flexibility index (Phi) is 4.22. The Hall–Kier alpha value is -1.79. The number of aromatic nitrogens is 4. The molecule has 0 unspecified atom stereocenters. The Morgan fingerprint density at radius 2 is 2.14 bits per heavy atom. The second kappa shape index (κ2) is 6.14. The highest BCUT2D eigenvalue weighted by atomic mass is 35.5. The van der Waals surface area contributed by atoms with E-state index in [0.717, 1.165) is 27.7 Å². The van der Waals surface area contributed by atoms with Crippen LogP contribution in [-0.4, -0.2) is 24.9 Å². The summed E-state index contributed by atoms with van der Waals surface area (Å²) in [6, 6.07) is 7.25. The van der Waals surface area contributed by atoms with Gasteiger partial charge < -0.3 is 4.57 Å². The van der Waals surface area contributed by atoms with Crippen molar-refractivity contribution in [3.8, 4) is 0 Å². The summed E-state index contributed by atoms with van der Waals surface area (Å²) in [4.78, 5) is 16.2. The Bertz CT molecular complexity index is 870. The van der Waals surface area contributed by atoms with Crippen LogP contribution in [0.4, 0.5) is 0 Å². The first-order valence-corrected chi connectivity index (χ1v) is 8.28. The van der Waals surface area contributed by atoms with Gasteiger partial charge in [0.05, 0.1) is 6.54 Å². The number of rotatable bonds is 4. The molecule has 3 rings (SSSR count). The van der Waals surface area contributed by atoms with E-state index in [4.69, 9.17) is 11.6 Å². The zero-order chi connectivity index (χ0) is 15.7. The summed E-state index contributed by atoms with van der Waals surface area (Å²) in [5.41, 5.74) is 2.58. The van der Waals surface area contributed by atoms with Crippen LogP contribution in [0.25, 0.3) is 5.65 Å². The van der Waals surface area contributed by atoms with Gasteiger partial charge in [-0.3, -0.25) is 4.79 Å². The van der Waals surface area contributed by atoms with E-state index in [0.29, 0.717) is 11.7 Å². The minimum atomic E-state index is -0.110. The minimum Gasteiger partial charge on any atom is -0.326 e. The Morgan fingerprint density at radius 1 is 1.32 bits per heavy atom. The van der Waals surface area contributed by atoms with Gasteiger partial charge in [0.1, 0.15) is 15.8 Å². The van der Waals surface area contributed by atoms with E-state index < -0.39 is 0 Å². The number of hydrogen-bond acceptors (Lipinski definition) is 4. The number of halogens is 1. The van der Waals surface area contributed by atoms with E-state index in [9.17, 15) is 4.79 Å². The highest BCUT2D eigenvalue weighted by Gasteiger charge is 2.11. The summed E-state index contributed by atoms with van der Waals surface area (Å²) < 4.78 is 3.51. The van der Waals surface area contributed by atoms with E-state index in [1.54, 1.807) is 30.1 Å². The lowest BCUT2D eigenvalue weighted by molar-refractivity contribution is 0.731. The largest absolute Gasteiger partial charge is 0.326 e. The van der Waals surface area contributed by atoms with Crippen molar-refractivity contribution in [3.05, 3.63) is 57.2 Å². The fourth-order valence-corrected chi connectivity index (χ4v) is 3.05. The van der Waals surface area contributed by atoms with Gasteiger partial charge in [0.15, 0.2) is 0 Å². The van der Waals surface area contributed by atoms with Crippen molar-refractivity contribution < 1.29 is 0 Å². The minimum absolute atomic E-state index is 0.110. The Balaban J connectivity index is 2.11. The normalized spacial score (nSPS) is 11.2. The molecule has 3 aromatic heterocycles. The van der Waals surface area contributed by atoms with Gasteiger partial charge in [-0.1, -0.05) is 24.6 Å². The molecule has 0 saturated carbocycles. The third kappa shape index (κ3) is 2.89. The molecule has 0 N–H and O–H groups in total. The van der Waals surface area contributed by atoms with Crippen molar-refractivity contribution >= 4 is 29.0 Å². The molecule has 0 saturated heterocycles. The average Bonchev–Trinajstić information content (AvgIpc) is 2.90. The maximum atomic E-state index is 12.1. The van der Waals surface area contributed by atoms with E-state index >= 15 is 0 Å². The second-order valence-electron chi connectivity index (χ2n) is 4.88. The van der Waals surface area contributed by atoms with Crippen molar-refractivity contribution in [2.45, 2.75) is 25.4 Å². The van der Waals surface area contributed by atoms with Crippen LogP contribution in [0.2, 0.25) is 5.15 Å². The quantitative estimate of drug-likeness (QED) is 0.543. The number of hydrogen-bond donors (Lipinski definition) is 0. The number of thioether (sulfide) groups is 1. The summed E-state index contributed by atoms with van der Waals surface area (Å²) in [5.74, 6) is 0.915. The zero-order valence-corrected chi connectivity index (χ0v) is 13.9. The molecule has 0 aromatic carbocycles. The maximum absolute atomic E-state index is 12.1. The molecular weight excluding hydrogens is 320 g/mol. The molecule has 3 heterocycles. The molecule has 0 spiro atoms. The molecule has 0 radical (unpaired) electrons. The van der Waals surface area contributed by atoms with Crippen molar-refractivity contribution in [2.75, 3.05) is 5.75 Å². The van der Waals surface area contributed by atoms with Crippen LogP contribution in [0.5, 0.6) is 0 Å². The van der Waals surface area contributed by atoms with E-state index in [2.05, 4.69) is 21.6 Å². The third-order valence-corrected chi connectivity index (χ3v) is 4.34. The van der Waals surface area contributed by atoms with Gasteiger partial charge in [-0.2, -0.15) is 9.61 Å². The lowest BCUT2D eigenvalue weighted by Gasteiger charge is -2.12. The molecular formula is C15H15ClN4OS. The van der Waals surface area contributed by atoms with Crippen LogP contribution in [0.1, 0.15) is 18.2 Å². The molecule has 0 aliphatic heterocycles. The molecule has 0 bridgehead atoms. The first kappa shape index (κ1) is 15.1. The van der Waals surface area contributed by atoms with Crippen LogP contribution in [0, 0.1) is 6.92 Å². The number of nitrogens with zero attached hydrogens (tertiary/aromatic N) is 4. The molecule has 0 atom stereocenters. The predicted octanol–water partition coefficient (Wildman–Crippen LogP) is 3.01. The number of fused-ring (bicyclic) bond motifs is 1. The summed E-state index contributed by atoms with van der Waals surface area (Å²) >= 11 is 7.44. The molecule has 0 aliphatic rings. The molecule has 3 aromatic rings. The molecule has 0 amide bonds. The lowest BCUT2D eigenvalue weighted by Crippen LogP contribution is -2.20. The number of pyridine rings is 1. The molecule has 0 fully saturated rings. The zero-order valence-electron chi connectivity index (χ0n) is 12.3. The van der Waals surface area contributed by atoms with Crippen molar-refractivity contribution in [1.29, 1.82) is 0 Å². The SMILES string of the molecule is CCSc1cc2n(Cc3ccc(Cl)nc3)c(C)cc(=O)n2n1. The lowest BCUT2D eigenvalue weighted by atomic mass is 10.2. The van der Waals surface area contributed by atoms with Gasteiger partial charge >= 0.3 is 0 Å². The van der Waals surface area contributed by atoms with Crippen LogP contribution in [0.15, 0.2) is 40.3 Å². The van der Waals surface area contributed by atoms with E-state index in [1.807, 2.05) is 19.1 Å². The maximum Gasteiger partial charge on any atom is 0.274 e. The fourth-order valence-electron chi connectivity index (χ4n) is 2.31. The first-order chi connectivity index (χ1) is 10.6. The van der Waals surface area contributed by atoms with Crippen LogP contribution in [0.3, 0.4) is 0 Å². The Morgan fingerprint density at radius 3 is 2.82 bits per heavy atom. The smallest absolute Gasteiger partial charge is 0.274 e. The molecule has 7 heteroatoms. The summed E-state index contributed by atoms with van der Waals surface area (Å²) in [6.45, 7) is 4.59. The predicted molar refractivity (Wildman–Crippen MR) is 88.9 cm³/mol. The fraction of sp³-hybridized carbons (Fsp3) is 0.267. The van der Waals surface area contributed by atoms with Gasteiger partial charge in [0, 0.05) is 24.0 Å². The van der Waals surface area contributed by atoms with Gasteiger partial charge in [-0.05, 0) is 24.3 Å². The van der Waals surface area contributed by atoms with Crippen LogP contribution < -0.4 is 5.56 Å². The monoisotopic (exact) mass is 334 g/mol. The second-order valence-corrected chi connectivity index (χ2v) is 6.56. The first-order valence-electron chi connectivity index (χ1n) is 6.92. The van der Waals surface area contributed by atoms with Crippen molar-refractivity contribution in [2.24, 2.45) is 0 Å². The third-order valence-electron chi connectivity index (χ3n) is 3.33.